The van der Waals surface area contributed by atoms with E-state index in [1.54, 1.807) is 30.3 Å². The first-order valence-corrected chi connectivity index (χ1v) is 6.90. The summed E-state index contributed by atoms with van der Waals surface area (Å²) in [5.41, 5.74) is 1.02. The third-order valence-corrected chi connectivity index (χ3v) is 3.46. The van der Waals surface area contributed by atoms with Crippen molar-refractivity contribution in [3.8, 4) is 0 Å². The molecule has 0 bridgehead atoms. The van der Waals surface area contributed by atoms with E-state index in [1.165, 1.54) is 6.20 Å². The average Bonchev–Trinajstić information content (AvgIpc) is 2.34. The molecule has 1 amide bonds. The number of halogens is 3. The molecular formula is C12H7Br2ClN2O. The van der Waals surface area contributed by atoms with Crippen molar-refractivity contribution >= 4 is 55.1 Å². The SMILES string of the molecule is O=C(Nc1cc(Br)ccc1Cl)c1ccc(Br)nc1. The van der Waals surface area contributed by atoms with Crippen LogP contribution in [0.25, 0.3) is 0 Å². The van der Waals surface area contributed by atoms with Gasteiger partial charge in [-0.3, -0.25) is 4.79 Å². The van der Waals surface area contributed by atoms with Crippen LogP contribution in [-0.4, -0.2) is 10.9 Å². The molecule has 1 aromatic heterocycles. The normalized spacial score (nSPS) is 10.2. The highest BCUT2D eigenvalue weighted by Crippen LogP contribution is 2.26. The van der Waals surface area contributed by atoms with Gasteiger partial charge in [-0.15, -0.1) is 0 Å². The van der Waals surface area contributed by atoms with Gasteiger partial charge in [-0.05, 0) is 46.3 Å². The Morgan fingerprint density at radius 1 is 1.22 bits per heavy atom. The van der Waals surface area contributed by atoms with Crippen molar-refractivity contribution in [2.24, 2.45) is 0 Å². The molecule has 0 aliphatic rings. The topological polar surface area (TPSA) is 42.0 Å². The molecular weight excluding hydrogens is 383 g/mol. The monoisotopic (exact) mass is 388 g/mol. The minimum Gasteiger partial charge on any atom is -0.321 e. The maximum atomic E-state index is 11.9. The Morgan fingerprint density at radius 3 is 2.67 bits per heavy atom. The van der Waals surface area contributed by atoms with Crippen LogP contribution in [0.1, 0.15) is 10.4 Å². The maximum Gasteiger partial charge on any atom is 0.257 e. The molecule has 0 atom stereocenters. The first kappa shape index (κ1) is 13.5. The van der Waals surface area contributed by atoms with E-state index in [9.17, 15) is 4.79 Å². The highest BCUT2D eigenvalue weighted by molar-refractivity contribution is 9.10. The van der Waals surface area contributed by atoms with Crippen molar-refractivity contribution in [2.75, 3.05) is 5.32 Å². The maximum absolute atomic E-state index is 11.9. The molecule has 2 aromatic rings. The number of benzene rings is 1. The van der Waals surface area contributed by atoms with Crippen molar-refractivity contribution in [1.29, 1.82) is 0 Å². The summed E-state index contributed by atoms with van der Waals surface area (Å²) < 4.78 is 1.52. The summed E-state index contributed by atoms with van der Waals surface area (Å²) in [5.74, 6) is -0.255. The molecule has 0 aliphatic carbocycles. The molecule has 0 unspecified atom stereocenters. The quantitative estimate of drug-likeness (QED) is 0.767. The summed E-state index contributed by atoms with van der Waals surface area (Å²) in [6.07, 6.45) is 1.49. The van der Waals surface area contributed by atoms with Crippen LogP contribution >= 0.6 is 43.5 Å². The Hall–Kier alpha value is -0.910. The van der Waals surface area contributed by atoms with Gasteiger partial charge < -0.3 is 5.32 Å². The van der Waals surface area contributed by atoms with E-state index in [0.717, 1.165) is 4.47 Å². The van der Waals surface area contributed by atoms with Crippen LogP contribution in [-0.2, 0) is 0 Å². The Kier molecular flexibility index (Phi) is 4.37. The van der Waals surface area contributed by atoms with Gasteiger partial charge in [0.1, 0.15) is 4.60 Å². The fourth-order valence-corrected chi connectivity index (χ4v) is 2.06. The molecule has 0 fully saturated rings. The first-order chi connectivity index (χ1) is 8.56. The molecule has 1 heterocycles. The summed E-state index contributed by atoms with van der Waals surface area (Å²) in [6.45, 7) is 0. The fraction of sp³-hybridized carbons (Fsp3) is 0. The lowest BCUT2D eigenvalue weighted by atomic mass is 10.2. The van der Waals surface area contributed by atoms with Gasteiger partial charge in [-0.25, -0.2) is 4.98 Å². The lowest BCUT2D eigenvalue weighted by Crippen LogP contribution is -2.12. The zero-order chi connectivity index (χ0) is 13.1. The zero-order valence-corrected chi connectivity index (χ0v) is 12.9. The van der Waals surface area contributed by atoms with Gasteiger partial charge in [0.2, 0.25) is 0 Å². The third-order valence-electron chi connectivity index (χ3n) is 2.17. The van der Waals surface area contributed by atoms with Crippen molar-refractivity contribution in [3.63, 3.8) is 0 Å². The number of aromatic nitrogens is 1. The number of nitrogens with zero attached hydrogens (tertiary/aromatic N) is 1. The van der Waals surface area contributed by atoms with E-state index in [-0.39, 0.29) is 5.91 Å². The number of carbonyl (C=O) groups excluding carboxylic acids is 1. The molecule has 1 aromatic carbocycles. The number of rotatable bonds is 2. The minimum atomic E-state index is -0.255. The summed E-state index contributed by atoms with van der Waals surface area (Å²) in [4.78, 5) is 15.9. The fourth-order valence-electron chi connectivity index (χ4n) is 1.30. The number of anilines is 1. The molecule has 0 spiro atoms. The van der Waals surface area contributed by atoms with Crippen LogP contribution in [0.5, 0.6) is 0 Å². The van der Waals surface area contributed by atoms with Crippen molar-refractivity contribution in [1.82, 2.24) is 4.98 Å². The Balaban J connectivity index is 2.21. The molecule has 6 heteroatoms. The van der Waals surface area contributed by atoms with E-state index in [0.29, 0.717) is 20.9 Å². The van der Waals surface area contributed by atoms with Gasteiger partial charge in [0.15, 0.2) is 0 Å². The lowest BCUT2D eigenvalue weighted by molar-refractivity contribution is 0.102. The second-order valence-electron chi connectivity index (χ2n) is 3.45. The van der Waals surface area contributed by atoms with Gasteiger partial charge >= 0.3 is 0 Å². The van der Waals surface area contributed by atoms with E-state index >= 15 is 0 Å². The number of hydrogen-bond donors (Lipinski definition) is 1. The molecule has 2 rings (SSSR count). The highest BCUT2D eigenvalue weighted by atomic mass is 79.9. The highest BCUT2D eigenvalue weighted by Gasteiger charge is 2.09. The number of hydrogen-bond acceptors (Lipinski definition) is 2. The molecule has 0 saturated carbocycles. The molecule has 18 heavy (non-hydrogen) atoms. The summed E-state index contributed by atoms with van der Waals surface area (Å²) in [7, 11) is 0. The zero-order valence-electron chi connectivity index (χ0n) is 8.95. The van der Waals surface area contributed by atoms with Crippen molar-refractivity contribution in [3.05, 3.63) is 56.2 Å². The Bertz CT molecular complexity index is 587. The largest absolute Gasteiger partial charge is 0.321 e. The molecule has 0 aliphatic heterocycles. The predicted octanol–water partition coefficient (Wildman–Crippen LogP) is 4.51. The minimum absolute atomic E-state index is 0.255. The van der Waals surface area contributed by atoms with Gasteiger partial charge in [0.05, 0.1) is 16.3 Å². The van der Waals surface area contributed by atoms with Crippen LogP contribution in [0.4, 0.5) is 5.69 Å². The average molecular weight is 390 g/mol. The second kappa shape index (κ2) is 5.82. The molecule has 3 nitrogen and oxygen atoms in total. The summed E-state index contributed by atoms with van der Waals surface area (Å²) in [5, 5.41) is 3.21. The molecule has 1 N–H and O–H groups in total. The Labute approximate surface area is 126 Å². The number of pyridine rings is 1. The summed E-state index contributed by atoms with van der Waals surface area (Å²) >= 11 is 12.5. The summed E-state index contributed by atoms with van der Waals surface area (Å²) in [6, 6.07) is 8.64. The standard InChI is InChI=1S/C12H7Br2ClN2O/c13-8-2-3-9(15)10(5-8)17-12(18)7-1-4-11(14)16-6-7/h1-6H,(H,17,18). The predicted molar refractivity (Wildman–Crippen MR) is 79.0 cm³/mol. The number of nitrogens with one attached hydrogen (secondary N) is 1. The smallest absolute Gasteiger partial charge is 0.257 e. The van der Waals surface area contributed by atoms with Crippen LogP contribution < -0.4 is 5.32 Å². The van der Waals surface area contributed by atoms with E-state index in [2.05, 4.69) is 42.2 Å². The van der Waals surface area contributed by atoms with Gasteiger partial charge in [-0.1, -0.05) is 27.5 Å². The van der Waals surface area contributed by atoms with Crippen LogP contribution in [0.2, 0.25) is 5.02 Å². The van der Waals surface area contributed by atoms with E-state index in [4.69, 9.17) is 11.6 Å². The molecule has 0 saturated heterocycles. The van der Waals surface area contributed by atoms with Gasteiger partial charge in [-0.2, -0.15) is 0 Å². The van der Waals surface area contributed by atoms with Crippen LogP contribution in [0.15, 0.2) is 45.6 Å². The van der Waals surface area contributed by atoms with Crippen LogP contribution in [0.3, 0.4) is 0 Å². The van der Waals surface area contributed by atoms with E-state index in [1.807, 2.05) is 0 Å². The molecule has 0 radical (unpaired) electrons. The van der Waals surface area contributed by atoms with Crippen molar-refractivity contribution < 1.29 is 4.79 Å². The number of amides is 1. The first-order valence-electron chi connectivity index (χ1n) is 4.94. The van der Waals surface area contributed by atoms with E-state index < -0.39 is 0 Å². The van der Waals surface area contributed by atoms with Gasteiger partial charge in [0.25, 0.3) is 5.91 Å². The second-order valence-corrected chi connectivity index (χ2v) is 5.58. The number of carbonyl (C=O) groups is 1. The Morgan fingerprint density at radius 2 is 2.00 bits per heavy atom. The van der Waals surface area contributed by atoms with Gasteiger partial charge in [0, 0.05) is 10.7 Å². The third kappa shape index (κ3) is 3.31. The van der Waals surface area contributed by atoms with Crippen molar-refractivity contribution in [2.45, 2.75) is 0 Å². The van der Waals surface area contributed by atoms with Crippen LogP contribution in [0, 0.1) is 0 Å². The molecule has 92 valence electrons. The lowest BCUT2D eigenvalue weighted by Gasteiger charge is -2.07.